The number of aromatic nitrogens is 1. The number of hydrogen-bond donors (Lipinski definition) is 3. The Hall–Kier alpha value is -3.14. The molecule has 1 aliphatic rings. The highest BCUT2D eigenvalue weighted by molar-refractivity contribution is 7.09. The van der Waals surface area contributed by atoms with Crippen molar-refractivity contribution in [3.63, 3.8) is 0 Å². The molecule has 1 aromatic rings. The van der Waals surface area contributed by atoms with Crippen molar-refractivity contribution in [3.8, 4) is 0 Å². The average molecular weight is 752 g/mol. The Morgan fingerprint density at radius 2 is 1.71 bits per heavy atom. The van der Waals surface area contributed by atoms with Crippen molar-refractivity contribution in [2.75, 3.05) is 47.9 Å². The molecule has 2 heterocycles. The van der Waals surface area contributed by atoms with Gasteiger partial charge in [-0.2, -0.15) is 0 Å². The van der Waals surface area contributed by atoms with Gasteiger partial charge in [0.25, 0.3) is 0 Å². The first-order valence-corrected chi connectivity index (χ1v) is 19.6. The summed E-state index contributed by atoms with van der Waals surface area (Å²) in [6, 6.07) is -1.49. The number of rotatable bonds is 23. The first kappa shape index (κ1) is 45.0. The van der Waals surface area contributed by atoms with Gasteiger partial charge in [-0.25, -0.2) is 4.98 Å². The van der Waals surface area contributed by atoms with E-state index in [1.54, 1.807) is 37.2 Å². The second-order valence-electron chi connectivity index (χ2n) is 14.3. The van der Waals surface area contributed by atoms with E-state index < -0.39 is 36.1 Å². The fourth-order valence-electron chi connectivity index (χ4n) is 7.24. The van der Waals surface area contributed by atoms with Gasteiger partial charge in [0, 0.05) is 52.9 Å². The van der Waals surface area contributed by atoms with Crippen molar-refractivity contribution >= 4 is 40.9 Å². The number of likely N-dealkylation sites (N-methyl/N-ethyl adjacent to an activating group) is 2. The van der Waals surface area contributed by atoms with Crippen LogP contribution in [0.1, 0.15) is 91.0 Å². The van der Waals surface area contributed by atoms with Crippen molar-refractivity contribution in [1.29, 1.82) is 0 Å². The van der Waals surface area contributed by atoms with E-state index in [0.29, 0.717) is 38.9 Å². The molecule has 1 aromatic heterocycles. The third-order valence-electron chi connectivity index (χ3n) is 10.4. The Morgan fingerprint density at radius 1 is 1.00 bits per heavy atom. The minimum Gasteiger partial charge on any atom is -0.379 e. The van der Waals surface area contributed by atoms with E-state index in [2.05, 4.69) is 15.6 Å². The molecule has 1 aliphatic heterocycles. The molecular formula is C37H65N7O7S. The van der Waals surface area contributed by atoms with Crippen molar-refractivity contribution in [3.05, 3.63) is 16.6 Å². The fourth-order valence-corrected chi connectivity index (χ4v) is 7.79. The number of methoxy groups -OCH3 is 2. The molecule has 2 rings (SSSR count). The fraction of sp³-hybridized carbons (Fsp3) is 0.784. The average Bonchev–Trinajstić information content (AvgIpc) is 3.84. The second-order valence-corrected chi connectivity index (χ2v) is 15.3. The number of likely N-dealkylation sites (tertiary alicyclic amines) is 1. The maximum Gasteiger partial charge on any atom is 0.243 e. The standard InChI is InChI=1S/C37H65N7O7S/c1-10-25(4)34(43(7)32(47)23-41-37(49)33(24(2)3)42(6)30(45)16-12-11-13-17-38)28(50-8)21-31(46)44-19-14-15-27(44)35(51-9)26(5)36(48)40-22-29-39-18-20-52-29/h18,20,24-28,33-35H,10-17,19,21-23,38H2,1-9H3,(H,40,48)(H,41,49)/t25-,26+,27-,28+,33?,34-,35+/m0/s1. The Balaban J connectivity index is 2.11. The highest BCUT2D eigenvalue weighted by atomic mass is 32.1. The number of ether oxygens (including phenoxy) is 2. The zero-order chi connectivity index (χ0) is 39.0. The molecule has 7 atom stereocenters. The number of hydrogen-bond acceptors (Lipinski definition) is 10. The van der Waals surface area contributed by atoms with E-state index in [4.69, 9.17) is 15.2 Å². The predicted octanol–water partition coefficient (Wildman–Crippen LogP) is 2.80. The quantitative estimate of drug-likeness (QED) is 0.142. The van der Waals surface area contributed by atoms with Crippen LogP contribution < -0.4 is 16.4 Å². The topological polar surface area (TPSA) is 176 Å². The largest absolute Gasteiger partial charge is 0.379 e. The SMILES string of the molecule is CC[C@H](C)[C@@H]([C@@H](CC(=O)N1CCC[C@H]1[C@H](OC)[C@@H](C)C(=O)NCc1nccs1)OC)N(C)C(=O)CNC(=O)C(C(C)C)N(C)C(=O)CCCCCN. The number of amides is 5. The molecule has 5 amide bonds. The number of unbranched alkanes of at least 4 members (excludes halogenated alkanes) is 2. The number of carbonyl (C=O) groups excluding carboxylic acids is 5. The van der Waals surface area contributed by atoms with E-state index >= 15 is 0 Å². The van der Waals surface area contributed by atoms with Crippen LogP contribution in [-0.2, 0) is 40.0 Å². The Bertz CT molecular complexity index is 1270. The highest BCUT2D eigenvalue weighted by Crippen LogP contribution is 2.29. The zero-order valence-electron chi connectivity index (χ0n) is 32.9. The maximum atomic E-state index is 14.0. The monoisotopic (exact) mass is 751 g/mol. The Kier molecular flexibility index (Phi) is 19.8. The van der Waals surface area contributed by atoms with E-state index in [-0.39, 0.29) is 54.5 Å². The first-order valence-electron chi connectivity index (χ1n) is 18.7. The number of nitrogens with two attached hydrogens (primary N) is 1. The molecule has 1 saturated heterocycles. The van der Waals surface area contributed by atoms with Gasteiger partial charge < -0.3 is 40.5 Å². The molecule has 0 aliphatic carbocycles. The number of nitrogens with zero attached hydrogens (tertiary/aromatic N) is 4. The summed E-state index contributed by atoms with van der Waals surface area (Å²) < 4.78 is 11.8. The maximum absolute atomic E-state index is 14.0. The van der Waals surface area contributed by atoms with Gasteiger partial charge in [0.2, 0.25) is 29.5 Å². The summed E-state index contributed by atoms with van der Waals surface area (Å²) in [5.41, 5.74) is 5.56. The van der Waals surface area contributed by atoms with Gasteiger partial charge >= 0.3 is 0 Å². The molecule has 4 N–H and O–H groups in total. The lowest BCUT2D eigenvalue weighted by molar-refractivity contribution is -0.146. The third-order valence-corrected chi connectivity index (χ3v) is 11.2. The molecule has 296 valence electrons. The van der Waals surface area contributed by atoms with Crippen LogP contribution in [0, 0.1) is 17.8 Å². The molecule has 1 fully saturated rings. The molecular weight excluding hydrogens is 687 g/mol. The molecule has 0 radical (unpaired) electrons. The van der Waals surface area contributed by atoms with Crippen LogP contribution in [0.4, 0.5) is 0 Å². The van der Waals surface area contributed by atoms with Gasteiger partial charge in [-0.05, 0) is 44.1 Å². The summed E-state index contributed by atoms with van der Waals surface area (Å²) in [7, 11) is 6.40. The zero-order valence-corrected chi connectivity index (χ0v) is 33.7. The van der Waals surface area contributed by atoms with Crippen LogP contribution in [0.15, 0.2) is 11.6 Å². The predicted molar refractivity (Wildman–Crippen MR) is 202 cm³/mol. The van der Waals surface area contributed by atoms with Crippen molar-refractivity contribution in [2.45, 2.75) is 123 Å². The van der Waals surface area contributed by atoms with Gasteiger partial charge in [-0.3, -0.25) is 24.0 Å². The lowest BCUT2D eigenvalue weighted by Gasteiger charge is -2.39. The summed E-state index contributed by atoms with van der Waals surface area (Å²) in [4.78, 5) is 76.0. The normalized spacial score (nSPS) is 17.9. The van der Waals surface area contributed by atoms with Crippen LogP contribution in [0.2, 0.25) is 0 Å². The van der Waals surface area contributed by atoms with Crippen LogP contribution in [0.5, 0.6) is 0 Å². The van der Waals surface area contributed by atoms with Gasteiger partial charge in [0.05, 0.1) is 49.7 Å². The Labute approximate surface area is 314 Å². The molecule has 0 aromatic carbocycles. The summed E-state index contributed by atoms with van der Waals surface area (Å²) in [6.07, 6.45) is 5.51. The van der Waals surface area contributed by atoms with Crippen LogP contribution in [0.25, 0.3) is 0 Å². The molecule has 0 saturated carbocycles. The number of carbonyl (C=O) groups is 5. The lowest BCUT2D eigenvalue weighted by atomic mass is 9.90. The first-order chi connectivity index (χ1) is 24.7. The Morgan fingerprint density at radius 3 is 2.29 bits per heavy atom. The third kappa shape index (κ3) is 12.8. The van der Waals surface area contributed by atoms with Crippen LogP contribution in [0.3, 0.4) is 0 Å². The van der Waals surface area contributed by atoms with E-state index in [0.717, 1.165) is 30.7 Å². The lowest BCUT2D eigenvalue weighted by Crippen LogP contribution is -2.55. The molecule has 14 nitrogen and oxygen atoms in total. The van der Waals surface area contributed by atoms with Crippen molar-refractivity contribution in [2.24, 2.45) is 23.5 Å². The van der Waals surface area contributed by atoms with Crippen molar-refractivity contribution in [1.82, 2.24) is 30.3 Å². The number of nitrogens with one attached hydrogen (secondary N) is 2. The summed E-state index contributed by atoms with van der Waals surface area (Å²) >= 11 is 1.47. The van der Waals surface area contributed by atoms with Gasteiger partial charge in [0.1, 0.15) is 11.0 Å². The molecule has 15 heteroatoms. The highest BCUT2D eigenvalue weighted by Gasteiger charge is 2.42. The minimum absolute atomic E-state index is 0.0284. The van der Waals surface area contributed by atoms with Gasteiger partial charge in [-0.15, -0.1) is 11.3 Å². The molecule has 0 spiro atoms. The van der Waals surface area contributed by atoms with Crippen LogP contribution in [-0.4, -0.2) is 128 Å². The smallest absolute Gasteiger partial charge is 0.243 e. The van der Waals surface area contributed by atoms with E-state index in [9.17, 15) is 24.0 Å². The second kappa shape index (κ2) is 22.8. The summed E-state index contributed by atoms with van der Waals surface area (Å²) in [5, 5.41) is 8.37. The van der Waals surface area contributed by atoms with Crippen molar-refractivity contribution < 1.29 is 33.4 Å². The molecule has 52 heavy (non-hydrogen) atoms. The molecule has 1 unspecified atom stereocenters. The summed E-state index contributed by atoms with van der Waals surface area (Å²) in [5.74, 6) is -1.87. The molecule has 0 bridgehead atoms. The van der Waals surface area contributed by atoms with Gasteiger partial charge in [0.15, 0.2) is 0 Å². The number of thiazole rings is 1. The summed E-state index contributed by atoms with van der Waals surface area (Å²) in [6.45, 7) is 10.8. The van der Waals surface area contributed by atoms with E-state index in [1.165, 1.54) is 23.3 Å². The van der Waals surface area contributed by atoms with Crippen LogP contribution >= 0.6 is 11.3 Å². The minimum atomic E-state index is -0.731. The van der Waals surface area contributed by atoms with E-state index in [1.807, 2.05) is 40.0 Å². The van der Waals surface area contributed by atoms with Gasteiger partial charge in [-0.1, -0.05) is 47.5 Å².